The van der Waals surface area contributed by atoms with Crippen LogP contribution in [-0.2, 0) is 9.47 Å². The number of hydrogen-bond donors (Lipinski definition) is 1. The van der Waals surface area contributed by atoms with Crippen molar-refractivity contribution < 1.29 is 9.47 Å². The fraction of sp³-hybridized carbons (Fsp3) is 1.00. The summed E-state index contributed by atoms with van der Waals surface area (Å²) in [4.78, 5) is 0. The number of hydrogen-bond acceptors (Lipinski definition) is 3. The smallest absolute Gasteiger partial charge is 0.146 e. The lowest BCUT2D eigenvalue weighted by molar-refractivity contribution is -0.0335. The van der Waals surface area contributed by atoms with Crippen molar-refractivity contribution in [2.75, 3.05) is 26.6 Å². The van der Waals surface area contributed by atoms with E-state index in [1.54, 1.807) is 0 Å². The Balaban J connectivity index is 2.13. The second-order valence-electron chi connectivity index (χ2n) is 3.64. The summed E-state index contributed by atoms with van der Waals surface area (Å²) in [5.41, 5.74) is 0. The van der Waals surface area contributed by atoms with Crippen LogP contribution in [0.4, 0.5) is 0 Å². The SMILES string of the molecule is CCCCCNC1COCOCC1Cl. The second-order valence-corrected chi connectivity index (χ2v) is 4.20. The minimum Gasteiger partial charge on any atom is -0.354 e. The van der Waals surface area contributed by atoms with Gasteiger partial charge in [0.05, 0.1) is 18.6 Å². The highest BCUT2D eigenvalue weighted by Gasteiger charge is 2.21. The third-order valence-corrected chi connectivity index (χ3v) is 2.79. The third-order valence-electron chi connectivity index (χ3n) is 2.36. The average Bonchev–Trinajstić information content (AvgIpc) is 2.39. The maximum Gasteiger partial charge on any atom is 0.146 e. The molecule has 1 fully saturated rings. The monoisotopic (exact) mass is 221 g/mol. The minimum atomic E-state index is 0.0270. The predicted molar refractivity (Wildman–Crippen MR) is 57.7 cm³/mol. The standard InChI is InChI=1S/C10H20ClNO2/c1-2-3-4-5-12-10-7-14-8-13-6-9(10)11/h9-10,12H,2-8H2,1H3. The molecule has 0 aromatic carbocycles. The first-order chi connectivity index (χ1) is 6.84. The number of ether oxygens (including phenoxy) is 2. The largest absolute Gasteiger partial charge is 0.354 e. The quantitative estimate of drug-likeness (QED) is 0.567. The molecule has 1 saturated heterocycles. The van der Waals surface area contributed by atoms with E-state index < -0.39 is 0 Å². The maximum absolute atomic E-state index is 6.13. The second kappa shape index (κ2) is 7.46. The minimum absolute atomic E-state index is 0.0270. The summed E-state index contributed by atoms with van der Waals surface area (Å²) in [6.07, 6.45) is 3.72. The Hall–Kier alpha value is 0.170. The van der Waals surface area contributed by atoms with Crippen molar-refractivity contribution in [1.82, 2.24) is 5.32 Å². The van der Waals surface area contributed by atoms with Crippen molar-refractivity contribution in [3.05, 3.63) is 0 Å². The lowest BCUT2D eigenvalue weighted by Crippen LogP contribution is -2.41. The Morgan fingerprint density at radius 3 is 2.86 bits per heavy atom. The van der Waals surface area contributed by atoms with Crippen LogP contribution in [0.5, 0.6) is 0 Å². The zero-order chi connectivity index (χ0) is 10.2. The van der Waals surface area contributed by atoms with E-state index in [9.17, 15) is 0 Å². The Bertz CT molecular complexity index is 146. The van der Waals surface area contributed by atoms with Gasteiger partial charge in [0, 0.05) is 6.04 Å². The van der Waals surface area contributed by atoms with Gasteiger partial charge < -0.3 is 14.8 Å². The molecule has 1 aliphatic rings. The molecule has 0 spiro atoms. The summed E-state index contributed by atoms with van der Waals surface area (Å²) in [7, 11) is 0. The van der Waals surface area contributed by atoms with Gasteiger partial charge in [-0.3, -0.25) is 0 Å². The Morgan fingerprint density at radius 1 is 1.29 bits per heavy atom. The van der Waals surface area contributed by atoms with Crippen LogP contribution in [-0.4, -0.2) is 38.0 Å². The van der Waals surface area contributed by atoms with Crippen LogP contribution in [0.3, 0.4) is 0 Å². The molecule has 1 aliphatic heterocycles. The van der Waals surface area contributed by atoms with Gasteiger partial charge in [0.25, 0.3) is 0 Å². The van der Waals surface area contributed by atoms with Gasteiger partial charge in [-0.25, -0.2) is 0 Å². The molecular formula is C10H20ClNO2. The molecule has 0 aromatic rings. The highest BCUT2D eigenvalue weighted by Crippen LogP contribution is 2.08. The zero-order valence-electron chi connectivity index (χ0n) is 8.80. The van der Waals surface area contributed by atoms with Crippen LogP contribution in [0, 0.1) is 0 Å². The molecule has 2 atom stereocenters. The van der Waals surface area contributed by atoms with E-state index in [1.165, 1.54) is 19.3 Å². The van der Waals surface area contributed by atoms with Crippen LogP contribution in [0.2, 0.25) is 0 Å². The maximum atomic E-state index is 6.13. The van der Waals surface area contributed by atoms with E-state index in [4.69, 9.17) is 21.1 Å². The van der Waals surface area contributed by atoms with Gasteiger partial charge >= 0.3 is 0 Å². The molecule has 1 heterocycles. The molecule has 0 aliphatic carbocycles. The van der Waals surface area contributed by atoms with Crippen LogP contribution >= 0.6 is 11.6 Å². The Labute approximate surface area is 91.1 Å². The van der Waals surface area contributed by atoms with Crippen molar-refractivity contribution in [3.63, 3.8) is 0 Å². The van der Waals surface area contributed by atoms with Gasteiger partial charge in [-0.15, -0.1) is 11.6 Å². The molecule has 4 heteroatoms. The van der Waals surface area contributed by atoms with Gasteiger partial charge in [0.1, 0.15) is 6.79 Å². The van der Waals surface area contributed by atoms with E-state index in [2.05, 4.69) is 12.2 Å². The van der Waals surface area contributed by atoms with Crippen molar-refractivity contribution in [3.8, 4) is 0 Å². The van der Waals surface area contributed by atoms with Crippen LogP contribution in [0.1, 0.15) is 26.2 Å². The lowest BCUT2D eigenvalue weighted by atomic mass is 10.2. The number of alkyl halides is 1. The summed E-state index contributed by atoms with van der Waals surface area (Å²) in [6.45, 7) is 4.82. The van der Waals surface area contributed by atoms with E-state index in [1.807, 2.05) is 0 Å². The normalized spacial score (nSPS) is 28.7. The molecule has 0 amide bonds. The molecule has 0 saturated carbocycles. The van der Waals surface area contributed by atoms with Crippen molar-refractivity contribution in [1.29, 1.82) is 0 Å². The zero-order valence-corrected chi connectivity index (χ0v) is 9.55. The van der Waals surface area contributed by atoms with Crippen molar-refractivity contribution >= 4 is 11.6 Å². The van der Waals surface area contributed by atoms with Crippen LogP contribution < -0.4 is 5.32 Å². The van der Waals surface area contributed by atoms with E-state index in [0.717, 1.165) is 6.54 Å². The number of rotatable bonds is 5. The molecular weight excluding hydrogens is 202 g/mol. The first kappa shape index (κ1) is 12.2. The van der Waals surface area contributed by atoms with Gasteiger partial charge in [-0.2, -0.15) is 0 Å². The summed E-state index contributed by atoms with van der Waals surface area (Å²) in [6, 6.07) is 0.232. The van der Waals surface area contributed by atoms with Gasteiger partial charge in [0.15, 0.2) is 0 Å². The molecule has 14 heavy (non-hydrogen) atoms. The van der Waals surface area contributed by atoms with Gasteiger partial charge in [-0.05, 0) is 13.0 Å². The third kappa shape index (κ3) is 4.60. The average molecular weight is 222 g/mol. The van der Waals surface area contributed by atoms with Gasteiger partial charge in [-0.1, -0.05) is 19.8 Å². The Kier molecular flexibility index (Phi) is 6.52. The molecule has 84 valence electrons. The molecule has 3 nitrogen and oxygen atoms in total. The summed E-state index contributed by atoms with van der Waals surface area (Å²) < 4.78 is 10.4. The Morgan fingerprint density at radius 2 is 2.07 bits per heavy atom. The van der Waals surface area contributed by atoms with Crippen molar-refractivity contribution in [2.24, 2.45) is 0 Å². The van der Waals surface area contributed by atoms with Crippen LogP contribution in [0.15, 0.2) is 0 Å². The summed E-state index contributed by atoms with van der Waals surface area (Å²) in [5, 5.41) is 3.44. The number of nitrogens with one attached hydrogen (secondary N) is 1. The lowest BCUT2D eigenvalue weighted by Gasteiger charge is -2.19. The predicted octanol–water partition coefficient (Wildman–Crippen LogP) is 1.75. The molecule has 2 unspecified atom stereocenters. The fourth-order valence-electron chi connectivity index (χ4n) is 1.46. The highest BCUT2D eigenvalue weighted by atomic mass is 35.5. The van der Waals surface area contributed by atoms with E-state index in [0.29, 0.717) is 20.0 Å². The van der Waals surface area contributed by atoms with E-state index >= 15 is 0 Å². The molecule has 1 N–H and O–H groups in total. The number of unbranched alkanes of at least 4 members (excludes halogenated alkanes) is 2. The molecule has 0 bridgehead atoms. The molecule has 1 rings (SSSR count). The molecule has 0 aromatic heterocycles. The van der Waals surface area contributed by atoms with Crippen molar-refractivity contribution in [2.45, 2.75) is 37.6 Å². The summed E-state index contributed by atoms with van der Waals surface area (Å²) >= 11 is 6.13. The highest BCUT2D eigenvalue weighted by molar-refractivity contribution is 6.21. The first-order valence-corrected chi connectivity index (χ1v) is 5.81. The fourth-order valence-corrected chi connectivity index (χ4v) is 1.72. The molecule has 0 radical (unpaired) electrons. The van der Waals surface area contributed by atoms with Gasteiger partial charge in [0.2, 0.25) is 0 Å². The topological polar surface area (TPSA) is 30.5 Å². The number of halogens is 1. The van der Waals surface area contributed by atoms with E-state index in [-0.39, 0.29) is 11.4 Å². The first-order valence-electron chi connectivity index (χ1n) is 5.37. The summed E-state index contributed by atoms with van der Waals surface area (Å²) in [5.74, 6) is 0. The van der Waals surface area contributed by atoms with Crippen LogP contribution in [0.25, 0.3) is 0 Å².